The molecule has 7 heteroatoms. The number of hydrogen-bond acceptors (Lipinski definition) is 5. The fourth-order valence-electron chi connectivity index (χ4n) is 2.33. The molecule has 1 amide bonds. The first kappa shape index (κ1) is 16.2. The fourth-order valence-corrected chi connectivity index (χ4v) is 2.33. The first-order valence-corrected chi connectivity index (χ1v) is 7.57. The lowest BCUT2D eigenvalue weighted by Gasteiger charge is -2.11. The third-order valence-electron chi connectivity index (χ3n) is 3.73. The summed E-state index contributed by atoms with van der Waals surface area (Å²) in [7, 11) is 0. The summed E-state index contributed by atoms with van der Waals surface area (Å²) in [5, 5.41) is 11.7. The van der Waals surface area contributed by atoms with Crippen molar-refractivity contribution < 1.29 is 9.32 Å². The van der Waals surface area contributed by atoms with Gasteiger partial charge in [0.2, 0.25) is 5.91 Å². The lowest BCUT2D eigenvalue weighted by Crippen LogP contribution is -2.32. The molecule has 0 saturated heterocycles. The van der Waals surface area contributed by atoms with Crippen LogP contribution >= 0.6 is 0 Å². The lowest BCUT2D eigenvalue weighted by atomic mass is 10.2. The zero-order valence-corrected chi connectivity index (χ0v) is 13.5. The molecule has 0 aliphatic rings. The molecule has 0 aliphatic heterocycles. The molecule has 0 aliphatic carbocycles. The van der Waals surface area contributed by atoms with Crippen molar-refractivity contribution in [3.8, 4) is 0 Å². The third-order valence-corrected chi connectivity index (χ3v) is 3.73. The predicted octanol–water partition coefficient (Wildman–Crippen LogP) is 1.70. The highest BCUT2D eigenvalue weighted by atomic mass is 16.5. The van der Waals surface area contributed by atoms with Crippen LogP contribution < -0.4 is 10.9 Å². The average Bonchev–Trinajstić information content (AvgIpc) is 2.86. The standard InChI is InChI=1S/C15H22N4O3/c1-5-9(2)16-12(20)7-6-8-19-15(21)14-13(10(3)17-19)11(4)22-18-14/h9H,5-8H2,1-4H3,(H,16,20). The van der Waals surface area contributed by atoms with Gasteiger partial charge < -0.3 is 9.84 Å². The molecule has 2 aromatic heterocycles. The van der Waals surface area contributed by atoms with E-state index in [0.717, 1.165) is 6.42 Å². The Morgan fingerprint density at radius 1 is 1.41 bits per heavy atom. The lowest BCUT2D eigenvalue weighted by molar-refractivity contribution is -0.121. The van der Waals surface area contributed by atoms with Crippen LogP contribution in [0.5, 0.6) is 0 Å². The Labute approximate surface area is 128 Å². The van der Waals surface area contributed by atoms with Crippen molar-refractivity contribution in [1.82, 2.24) is 20.3 Å². The summed E-state index contributed by atoms with van der Waals surface area (Å²) < 4.78 is 6.42. The number of nitrogens with zero attached hydrogens (tertiary/aromatic N) is 3. The summed E-state index contributed by atoms with van der Waals surface area (Å²) >= 11 is 0. The van der Waals surface area contributed by atoms with Crippen LogP contribution in [0.25, 0.3) is 10.9 Å². The Morgan fingerprint density at radius 3 is 2.82 bits per heavy atom. The first-order chi connectivity index (χ1) is 10.4. The van der Waals surface area contributed by atoms with Gasteiger partial charge in [0.05, 0.1) is 11.1 Å². The van der Waals surface area contributed by atoms with E-state index in [0.29, 0.717) is 41.7 Å². The van der Waals surface area contributed by atoms with Gasteiger partial charge in [0, 0.05) is 19.0 Å². The van der Waals surface area contributed by atoms with Crippen molar-refractivity contribution in [2.45, 2.75) is 59.5 Å². The highest BCUT2D eigenvalue weighted by molar-refractivity contribution is 5.81. The van der Waals surface area contributed by atoms with Crippen LogP contribution in [0.3, 0.4) is 0 Å². The molecule has 0 spiro atoms. The van der Waals surface area contributed by atoms with Crippen LogP contribution in [0.15, 0.2) is 9.32 Å². The minimum Gasteiger partial charge on any atom is -0.360 e. The van der Waals surface area contributed by atoms with E-state index in [9.17, 15) is 9.59 Å². The van der Waals surface area contributed by atoms with Gasteiger partial charge in [-0.15, -0.1) is 0 Å². The molecule has 1 N–H and O–H groups in total. The van der Waals surface area contributed by atoms with E-state index in [1.165, 1.54) is 4.68 Å². The largest absolute Gasteiger partial charge is 0.360 e. The van der Waals surface area contributed by atoms with E-state index in [1.807, 2.05) is 20.8 Å². The molecule has 0 saturated carbocycles. The Hall–Kier alpha value is -2.18. The van der Waals surface area contributed by atoms with Gasteiger partial charge in [-0.3, -0.25) is 9.59 Å². The van der Waals surface area contributed by atoms with E-state index in [2.05, 4.69) is 15.6 Å². The molecule has 7 nitrogen and oxygen atoms in total. The Morgan fingerprint density at radius 2 is 2.14 bits per heavy atom. The van der Waals surface area contributed by atoms with Crippen LogP contribution in [0, 0.1) is 13.8 Å². The number of aromatic nitrogens is 3. The smallest absolute Gasteiger partial charge is 0.296 e. The highest BCUT2D eigenvalue weighted by Gasteiger charge is 2.15. The third kappa shape index (κ3) is 3.35. The molecule has 1 unspecified atom stereocenters. The molecule has 0 bridgehead atoms. The number of aryl methyl sites for hydroxylation is 3. The summed E-state index contributed by atoms with van der Waals surface area (Å²) in [6.45, 7) is 7.95. The van der Waals surface area contributed by atoms with Gasteiger partial charge in [0.1, 0.15) is 5.76 Å². The van der Waals surface area contributed by atoms with Gasteiger partial charge in [-0.1, -0.05) is 12.1 Å². The summed E-state index contributed by atoms with van der Waals surface area (Å²) in [4.78, 5) is 24.0. The van der Waals surface area contributed by atoms with Crippen LogP contribution in [0.2, 0.25) is 0 Å². The van der Waals surface area contributed by atoms with Crippen molar-refractivity contribution in [2.75, 3.05) is 0 Å². The van der Waals surface area contributed by atoms with Crippen molar-refractivity contribution in [3.63, 3.8) is 0 Å². The molecule has 0 radical (unpaired) electrons. The van der Waals surface area contributed by atoms with E-state index in [1.54, 1.807) is 6.92 Å². The minimum atomic E-state index is -0.278. The predicted molar refractivity (Wildman–Crippen MR) is 82.7 cm³/mol. The van der Waals surface area contributed by atoms with Crippen LogP contribution in [0.1, 0.15) is 44.6 Å². The number of nitrogens with one attached hydrogen (secondary N) is 1. The van der Waals surface area contributed by atoms with E-state index < -0.39 is 0 Å². The maximum absolute atomic E-state index is 12.3. The Kier molecular flexibility index (Phi) is 4.95. The second-order valence-electron chi connectivity index (χ2n) is 5.56. The zero-order valence-electron chi connectivity index (χ0n) is 13.5. The number of carbonyl (C=O) groups excluding carboxylic acids is 1. The topological polar surface area (TPSA) is 90.0 Å². The van der Waals surface area contributed by atoms with Gasteiger partial charge in [-0.2, -0.15) is 5.10 Å². The average molecular weight is 306 g/mol. The molecule has 2 heterocycles. The van der Waals surface area contributed by atoms with Gasteiger partial charge in [0.15, 0.2) is 5.52 Å². The molecule has 22 heavy (non-hydrogen) atoms. The number of hydrogen-bond donors (Lipinski definition) is 1. The summed E-state index contributed by atoms with van der Waals surface area (Å²) in [5.74, 6) is 0.592. The zero-order chi connectivity index (χ0) is 16.3. The Balaban J connectivity index is 2.05. The van der Waals surface area contributed by atoms with Gasteiger partial charge in [-0.25, -0.2) is 4.68 Å². The van der Waals surface area contributed by atoms with Crippen LogP contribution in [0.4, 0.5) is 0 Å². The number of fused-ring (bicyclic) bond motifs is 1. The van der Waals surface area contributed by atoms with E-state index in [-0.39, 0.29) is 17.5 Å². The second kappa shape index (κ2) is 6.72. The van der Waals surface area contributed by atoms with Crippen molar-refractivity contribution in [2.24, 2.45) is 0 Å². The summed E-state index contributed by atoms with van der Waals surface area (Å²) in [5.41, 5.74) is 0.728. The second-order valence-corrected chi connectivity index (χ2v) is 5.56. The monoisotopic (exact) mass is 306 g/mol. The molecular weight excluding hydrogens is 284 g/mol. The minimum absolute atomic E-state index is 0.00233. The Bertz CT molecular complexity index is 732. The molecule has 1 atom stereocenters. The molecule has 2 aromatic rings. The molecule has 2 rings (SSSR count). The maximum Gasteiger partial charge on any atom is 0.296 e. The molecule has 0 fully saturated rings. The fraction of sp³-hybridized carbons (Fsp3) is 0.600. The normalized spacial score (nSPS) is 12.5. The highest BCUT2D eigenvalue weighted by Crippen LogP contribution is 2.16. The molecule has 120 valence electrons. The first-order valence-electron chi connectivity index (χ1n) is 7.57. The van der Waals surface area contributed by atoms with Gasteiger partial charge in [0.25, 0.3) is 5.56 Å². The number of amides is 1. The SMILES string of the molecule is CCC(C)NC(=O)CCCn1nc(C)c2c(C)onc2c1=O. The van der Waals surface area contributed by atoms with Crippen molar-refractivity contribution in [1.29, 1.82) is 0 Å². The molecular formula is C15H22N4O3. The van der Waals surface area contributed by atoms with E-state index >= 15 is 0 Å². The summed E-state index contributed by atoms with van der Waals surface area (Å²) in [6, 6.07) is 0.171. The van der Waals surface area contributed by atoms with Crippen LogP contribution in [-0.4, -0.2) is 26.9 Å². The molecule has 0 aromatic carbocycles. The maximum atomic E-state index is 12.3. The number of rotatable bonds is 6. The van der Waals surface area contributed by atoms with E-state index in [4.69, 9.17) is 4.52 Å². The number of carbonyl (C=O) groups is 1. The van der Waals surface area contributed by atoms with Crippen LogP contribution in [-0.2, 0) is 11.3 Å². The van der Waals surface area contributed by atoms with Crippen molar-refractivity contribution >= 4 is 16.8 Å². The van der Waals surface area contributed by atoms with Gasteiger partial charge >= 0.3 is 0 Å². The summed E-state index contributed by atoms with van der Waals surface area (Å²) in [6.07, 6.45) is 1.82. The van der Waals surface area contributed by atoms with Crippen molar-refractivity contribution in [3.05, 3.63) is 21.8 Å². The van der Waals surface area contributed by atoms with Gasteiger partial charge in [-0.05, 0) is 33.6 Å². The quantitative estimate of drug-likeness (QED) is 0.877.